The van der Waals surface area contributed by atoms with E-state index < -0.39 is 0 Å². The number of aryl methyl sites for hydroxylation is 1. The monoisotopic (exact) mass is 294 g/mol. The number of anilines is 3. The summed E-state index contributed by atoms with van der Waals surface area (Å²) in [5, 5.41) is 3.02. The van der Waals surface area contributed by atoms with Crippen molar-refractivity contribution in [2.75, 3.05) is 11.1 Å². The molecular formula is C13H12BrFN2. The van der Waals surface area contributed by atoms with Gasteiger partial charge in [-0.1, -0.05) is 15.9 Å². The fourth-order valence-corrected chi connectivity index (χ4v) is 2.20. The highest BCUT2D eigenvalue weighted by molar-refractivity contribution is 9.10. The Morgan fingerprint density at radius 1 is 1.18 bits per heavy atom. The third kappa shape index (κ3) is 2.97. The maximum Gasteiger partial charge on any atom is 0.148 e. The van der Waals surface area contributed by atoms with Gasteiger partial charge in [-0.3, -0.25) is 0 Å². The lowest BCUT2D eigenvalue weighted by atomic mass is 10.2. The lowest BCUT2D eigenvalue weighted by Gasteiger charge is -2.09. The van der Waals surface area contributed by atoms with Crippen LogP contribution in [-0.4, -0.2) is 0 Å². The largest absolute Gasteiger partial charge is 0.399 e. The Morgan fingerprint density at radius 3 is 2.59 bits per heavy atom. The minimum Gasteiger partial charge on any atom is -0.399 e. The lowest BCUT2D eigenvalue weighted by Crippen LogP contribution is -1.95. The zero-order valence-corrected chi connectivity index (χ0v) is 10.9. The summed E-state index contributed by atoms with van der Waals surface area (Å²) in [7, 11) is 0. The van der Waals surface area contributed by atoms with Crippen LogP contribution in [0.5, 0.6) is 0 Å². The van der Waals surface area contributed by atoms with E-state index in [-0.39, 0.29) is 5.82 Å². The van der Waals surface area contributed by atoms with Crippen LogP contribution in [0.2, 0.25) is 0 Å². The summed E-state index contributed by atoms with van der Waals surface area (Å²) in [5.41, 5.74) is 8.25. The molecule has 0 aliphatic carbocycles. The van der Waals surface area contributed by atoms with Gasteiger partial charge in [-0.15, -0.1) is 0 Å². The third-order valence-corrected chi connectivity index (χ3v) is 2.77. The van der Waals surface area contributed by atoms with E-state index >= 15 is 0 Å². The summed E-state index contributed by atoms with van der Waals surface area (Å²) in [6.07, 6.45) is 0. The SMILES string of the molecule is Cc1cc(Br)cc(Nc2ccc(N)cc2F)c1. The van der Waals surface area contributed by atoms with Crippen molar-refractivity contribution < 1.29 is 4.39 Å². The van der Waals surface area contributed by atoms with Crippen molar-refractivity contribution in [2.45, 2.75) is 6.92 Å². The normalized spacial score (nSPS) is 10.3. The molecule has 0 atom stereocenters. The molecule has 0 heterocycles. The van der Waals surface area contributed by atoms with Crippen LogP contribution in [0, 0.1) is 12.7 Å². The first-order valence-corrected chi connectivity index (χ1v) is 5.93. The standard InChI is InChI=1S/C13H12BrFN2/c1-8-4-9(14)6-11(5-8)17-13-3-2-10(16)7-12(13)15/h2-7,17H,16H2,1H3. The average Bonchev–Trinajstić information content (AvgIpc) is 2.21. The fraction of sp³-hybridized carbons (Fsp3) is 0.0769. The quantitative estimate of drug-likeness (QED) is 0.814. The smallest absolute Gasteiger partial charge is 0.148 e. The van der Waals surface area contributed by atoms with E-state index in [1.54, 1.807) is 12.1 Å². The van der Waals surface area contributed by atoms with Crippen LogP contribution in [0.1, 0.15) is 5.56 Å². The van der Waals surface area contributed by atoms with Crippen molar-refractivity contribution in [3.05, 3.63) is 52.3 Å². The van der Waals surface area contributed by atoms with Crippen molar-refractivity contribution in [2.24, 2.45) is 0 Å². The lowest BCUT2D eigenvalue weighted by molar-refractivity contribution is 0.632. The second-order valence-electron chi connectivity index (χ2n) is 3.88. The van der Waals surface area contributed by atoms with Gasteiger partial charge in [-0.05, 0) is 48.9 Å². The number of hydrogen-bond acceptors (Lipinski definition) is 2. The number of halogens is 2. The summed E-state index contributed by atoms with van der Waals surface area (Å²) in [4.78, 5) is 0. The van der Waals surface area contributed by atoms with Crippen molar-refractivity contribution in [1.29, 1.82) is 0 Å². The van der Waals surface area contributed by atoms with Crippen LogP contribution >= 0.6 is 15.9 Å². The number of nitrogens with one attached hydrogen (secondary N) is 1. The summed E-state index contributed by atoms with van der Waals surface area (Å²) < 4.78 is 14.5. The molecule has 0 amide bonds. The van der Waals surface area contributed by atoms with Gasteiger partial charge in [0, 0.05) is 15.8 Å². The van der Waals surface area contributed by atoms with Gasteiger partial charge in [0.25, 0.3) is 0 Å². The molecule has 0 unspecified atom stereocenters. The Bertz CT molecular complexity index is 535. The van der Waals surface area contributed by atoms with Crippen LogP contribution in [0.4, 0.5) is 21.5 Å². The minimum absolute atomic E-state index is 0.359. The van der Waals surface area contributed by atoms with Crippen molar-refractivity contribution in [3.8, 4) is 0 Å². The molecule has 0 spiro atoms. The first kappa shape index (κ1) is 11.9. The molecule has 0 aliphatic rings. The molecule has 3 N–H and O–H groups in total. The van der Waals surface area contributed by atoms with Gasteiger partial charge >= 0.3 is 0 Å². The Balaban J connectivity index is 2.31. The second-order valence-corrected chi connectivity index (χ2v) is 4.80. The van der Waals surface area contributed by atoms with Crippen LogP contribution < -0.4 is 11.1 Å². The van der Waals surface area contributed by atoms with E-state index in [9.17, 15) is 4.39 Å². The molecule has 88 valence electrons. The van der Waals surface area contributed by atoms with Gasteiger partial charge in [0.15, 0.2) is 0 Å². The van der Waals surface area contributed by atoms with Gasteiger partial charge in [0.1, 0.15) is 5.82 Å². The molecule has 17 heavy (non-hydrogen) atoms. The van der Waals surface area contributed by atoms with Crippen molar-refractivity contribution >= 4 is 33.0 Å². The highest BCUT2D eigenvalue weighted by Gasteiger charge is 2.03. The molecule has 4 heteroatoms. The van der Waals surface area contributed by atoms with Gasteiger partial charge < -0.3 is 11.1 Å². The van der Waals surface area contributed by atoms with E-state index in [1.165, 1.54) is 6.07 Å². The Hall–Kier alpha value is -1.55. The van der Waals surface area contributed by atoms with Gasteiger partial charge in [-0.25, -0.2) is 4.39 Å². The topological polar surface area (TPSA) is 38.0 Å². The predicted octanol–water partition coefficient (Wildman–Crippen LogP) is 4.22. The van der Waals surface area contributed by atoms with Gasteiger partial charge in [0.2, 0.25) is 0 Å². The van der Waals surface area contributed by atoms with Crippen LogP contribution in [0.3, 0.4) is 0 Å². The fourth-order valence-electron chi connectivity index (χ4n) is 1.60. The molecule has 2 aromatic rings. The van der Waals surface area contributed by atoms with Crippen LogP contribution in [0.25, 0.3) is 0 Å². The molecular weight excluding hydrogens is 283 g/mol. The zero-order chi connectivity index (χ0) is 12.4. The Kier molecular flexibility index (Phi) is 3.33. The minimum atomic E-state index is -0.359. The maximum atomic E-state index is 13.6. The van der Waals surface area contributed by atoms with Crippen LogP contribution in [-0.2, 0) is 0 Å². The van der Waals surface area contributed by atoms with E-state index in [2.05, 4.69) is 21.2 Å². The van der Waals surface area contributed by atoms with E-state index in [0.717, 1.165) is 15.7 Å². The zero-order valence-electron chi connectivity index (χ0n) is 9.30. The highest BCUT2D eigenvalue weighted by Crippen LogP contribution is 2.25. The summed E-state index contributed by atoms with van der Waals surface area (Å²) in [6, 6.07) is 10.4. The number of hydrogen-bond donors (Lipinski definition) is 2. The molecule has 0 fully saturated rings. The number of nitrogen functional groups attached to an aromatic ring is 1. The molecule has 0 bridgehead atoms. The van der Waals surface area contributed by atoms with E-state index in [0.29, 0.717) is 11.4 Å². The summed E-state index contributed by atoms with van der Waals surface area (Å²) >= 11 is 3.40. The van der Waals surface area contributed by atoms with E-state index in [4.69, 9.17) is 5.73 Å². The molecule has 0 aromatic heterocycles. The first-order chi connectivity index (χ1) is 8.04. The maximum absolute atomic E-state index is 13.6. The molecule has 2 nitrogen and oxygen atoms in total. The molecule has 2 rings (SSSR count). The number of nitrogens with two attached hydrogens (primary N) is 1. The van der Waals surface area contributed by atoms with Crippen molar-refractivity contribution in [3.63, 3.8) is 0 Å². The Labute approximate surface area is 108 Å². The molecule has 2 aromatic carbocycles. The van der Waals surface area contributed by atoms with Gasteiger partial charge in [-0.2, -0.15) is 0 Å². The van der Waals surface area contributed by atoms with Gasteiger partial charge in [0.05, 0.1) is 5.69 Å². The molecule has 0 radical (unpaired) electrons. The Morgan fingerprint density at radius 2 is 1.94 bits per heavy atom. The molecule has 0 aliphatic heterocycles. The van der Waals surface area contributed by atoms with Crippen molar-refractivity contribution in [1.82, 2.24) is 0 Å². The number of benzene rings is 2. The molecule has 0 saturated heterocycles. The molecule has 0 saturated carbocycles. The predicted molar refractivity (Wildman–Crippen MR) is 73.0 cm³/mol. The number of rotatable bonds is 2. The summed E-state index contributed by atoms with van der Waals surface area (Å²) in [5.74, 6) is -0.359. The average molecular weight is 295 g/mol. The highest BCUT2D eigenvalue weighted by atomic mass is 79.9. The van der Waals surface area contributed by atoms with Crippen LogP contribution in [0.15, 0.2) is 40.9 Å². The second kappa shape index (κ2) is 4.75. The summed E-state index contributed by atoms with van der Waals surface area (Å²) in [6.45, 7) is 1.98. The van der Waals surface area contributed by atoms with E-state index in [1.807, 2.05) is 25.1 Å². The third-order valence-electron chi connectivity index (χ3n) is 2.31. The first-order valence-electron chi connectivity index (χ1n) is 5.14.